The van der Waals surface area contributed by atoms with Crippen LogP contribution in [0, 0.1) is 0 Å². The van der Waals surface area contributed by atoms with E-state index < -0.39 is 30.0 Å². The molecule has 0 aliphatic carbocycles. The summed E-state index contributed by atoms with van der Waals surface area (Å²) in [6, 6.07) is -0.304. The fraction of sp³-hybridized carbons (Fsp3) is 0.900. The van der Waals surface area contributed by atoms with Crippen molar-refractivity contribution in [3.8, 4) is 0 Å². The number of hydrogen-bond donors (Lipinski definition) is 3. The van der Waals surface area contributed by atoms with Gasteiger partial charge in [-0.2, -0.15) is 0 Å². The number of amides is 1. The van der Waals surface area contributed by atoms with Crippen LogP contribution in [-0.2, 0) is 14.3 Å². The Morgan fingerprint density at radius 2 is 2.19 bits per heavy atom. The molecule has 0 aromatic carbocycles. The lowest BCUT2D eigenvalue weighted by molar-refractivity contribution is -0.151. The van der Waals surface area contributed by atoms with Crippen LogP contribution in [-0.4, -0.2) is 52.9 Å². The van der Waals surface area contributed by atoms with E-state index in [-0.39, 0.29) is 12.6 Å². The third-order valence-electron chi connectivity index (χ3n) is 2.91. The summed E-state index contributed by atoms with van der Waals surface area (Å²) in [6.07, 6.45) is -1.58. The summed E-state index contributed by atoms with van der Waals surface area (Å²) in [7, 11) is 0. The minimum absolute atomic E-state index is 0.170. The first kappa shape index (κ1) is 11.8. The molecular weight excluding hydrogens is 214 g/mol. The molecule has 6 heteroatoms. The monoisotopic (exact) mass is 231 g/mol. The van der Waals surface area contributed by atoms with E-state index in [1.54, 1.807) is 13.8 Å². The Bertz CT molecular complexity index is 293. The number of carbonyl (C=O) groups excluding carboxylic acids is 1. The van der Waals surface area contributed by atoms with Gasteiger partial charge in [0, 0.05) is 6.42 Å². The van der Waals surface area contributed by atoms with Gasteiger partial charge < -0.3 is 25.0 Å². The molecule has 0 saturated carbocycles. The van der Waals surface area contributed by atoms with E-state index in [2.05, 4.69) is 5.32 Å². The molecule has 2 heterocycles. The SMILES string of the molecule is CC1(C)O[C@H]([C@H]2C[C@H](O)C(=O)N2)[C@H](CO)O1. The van der Waals surface area contributed by atoms with Crippen LogP contribution < -0.4 is 5.32 Å². The van der Waals surface area contributed by atoms with E-state index in [0.29, 0.717) is 6.42 Å². The van der Waals surface area contributed by atoms with Crippen molar-refractivity contribution in [2.45, 2.75) is 50.4 Å². The van der Waals surface area contributed by atoms with Crippen LogP contribution in [0.4, 0.5) is 0 Å². The van der Waals surface area contributed by atoms with Crippen LogP contribution in [0.2, 0.25) is 0 Å². The van der Waals surface area contributed by atoms with Crippen LogP contribution in [0.25, 0.3) is 0 Å². The first-order chi connectivity index (χ1) is 7.43. The molecule has 0 radical (unpaired) electrons. The third-order valence-corrected chi connectivity index (χ3v) is 2.91. The highest BCUT2D eigenvalue weighted by molar-refractivity contribution is 5.83. The zero-order valence-electron chi connectivity index (χ0n) is 9.34. The molecule has 0 bridgehead atoms. The highest BCUT2D eigenvalue weighted by Gasteiger charge is 2.48. The van der Waals surface area contributed by atoms with E-state index in [1.807, 2.05) is 0 Å². The van der Waals surface area contributed by atoms with Crippen molar-refractivity contribution >= 4 is 5.91 Å². The van der Waals surface area contributed by atoms with Crippen LogP contribution >= 0.6 is 0 Å². The summed E-state index contributed by atoms with van der Waals surface area (Å²) < 4.78 is 11.1. The molecule has 6 nitrogen and oxygen atoms in total. The van der Waals surface area contributed by atoms with Crippen molar-refractivity contribution in [1.82, 2.24) is 5.32 Å². The molecule has 1 amide bonds. The number of rotatable bonds is 2. The first-order valence-electron chi connectivity index (χ1n) is 5.38. The summed E-state index contributed by atoms with van der Waals surface area (Å²) in [6.45, 7) is 3.34. The maximum absolute atomic E-state index is 11.2. The molecule has 2 fully saturated rings. The van der Waals surface area contributed by atoms with Gasteiger partial charge in [-0.3, -0.25) is 4.79 Å². The molecule has 2 rings (SSSR count). The van der Waals surface area contributed by atoms with E-state index >= 15 is 0 Å². The largest absolute Gasteiger partial charge is 0.394 e. The number of ether oxygens (including phenoxy) is 2. The van der Waals surface area contributed by atoms with Gasteiger partial charge in [0.2, 0.25) is 5.91 Å². The molecule has 16 heavy (non-hydrogen) atoms. The van der Waals surface area contributed by atoms with Gasteiger partial charge in [0.25, 0.3) is 0 Å². The Kier molecular flexibility index (Phi) is 2.91. The number of nitrogens with one attached hydrogen (secondary N) is 1. The lowest BCUT2D eigenvalue weighted by Crippen LogP contribution is -2.43. The number of aliphatic hydroxyl groups excluding tert-OH is 2. The number of aliphatic hydroxyl groups is 2. The minimum atomic E-state index is -0.989. The molecule has 3 N–H and O–H groups in total. The second kappa shape index (κ2) is 3.96. The summed E-state index contributed by atoms with van der Waals surface area (Å²) in [4.78, 5) is 11.2. The Morgan fingerprint density at radius 3 is 2.69 bits per heavy atom. The minimum Gasteiger partial charge on any atom is -0.394 e. The maximum atomic E-state index is 11.2. The van der Waals surface area contributed by atoms with Crippen molar-refractivity contribution in [3.63, 3.8) is 0 Å². The molecule has 2 aliphatic heterocycles. The van der Waals surface area contributed by atoms with Crippen LogP contribution in [0.1, 0.15) is 20.3 Å². The third kappa shape index (κ3) is 2.06. The summed E-state index contributed by atoms with van der Waals surface area (Å²) >= 11 is 0. The highest BCUT2D eigenvalue weighted by atomic mass is 16.8. The number of hydrogen-bond acceptors (Lipinski definition) is 5. The van der Waals surface area contributed by atoms with Gasteiger partial charge in [-0.1, -0.05) is 0 Å². The van der Waals surface area contributed by atoms with E-state index in [9.17, 15) is 15.0 Å². The number of carbonyl (C=O) groups is 1. The fourth-order valence-electron chi connectivity index (χ4n) is 2.25. The zero-order chi connectivity index (χ0) is 11.9. The molecule has 92 valence electrons. The Balaban J connectivity index is 2.07. The van der Waals surface area contributed by atoms with Gasteiger partial charge in [0.15, 0.2) is 5.79 Å². The normalized spacial score (nSPS) is 42.4. The second-order valence-electron chi connectivity index (χ2n) is 4.69. The second-order valence-corrected chi connectivity index (χ2v) is 4.69. The van der Waals surface area contributed by atoms with E-state index in [1.165, 1.54) is 0 Å². The van der Waals surface area contributed by atoms with Gasteiger partial charge in [0.1, 0.15) is 18.3 Å². The molecular formula is C10H17NO5. The van der Waals surface area contributed by atoms with Crippen LogP contribution in [0.3, 0.4) is 0 Å². The smallest absolute Gasteiger partial charge is 0.249 e. The topological polar surface area (TPSA) is 88.0 Å². The zero-order valence-corrected chi connectivity index (χ0v) is 9.34. The van der Waals surface area contributed by atoms with Crippen molar-refractivity contribution in [1.29, 1.82) is 0 Å². The molecule has 0 spiro atoms. The quantitative estimate of drug-likeness (QED) is 0.552. The van der Waals surface area contributed by atoms with Gasteiger partial charge in [-0.15, -0.1) is 0 Å². The molecule has 0 aromatic rings. The Hall–Kier alpha value is -0.690. The average molecular weight is 231 g/mol. The van der Waals surface area contributed by atoms with Crippen molar-refractivity contribution in [3.05, 3.63) is 0 Å². The van der Waals surface area contributed by atoms with E-state index in [0.717, 1.165) is 0 Å². The molecule has 2 saturated heterocycles. The lowest BCUT2D eigenvalue weighted by Gasteiger charge is -2.21. The molecule has 0 aromatic heterocycles. The van der Waals surface area contributed by atoms with Gasteiger partial charge in [-0.25, -0.2) is 0 Å². The van der Waals surface area contributed by atoms with Gasteiger partial charge in [0.05, 0.1) is 12.6 Å². The first-order valence-corrected chi connectivity index (χ1v) is 5.38. The molecule has 0 unspecified atom stereocenters. The lowest BCUT2D eigenvalue weighted by atomic mass is 10.0. The molecule has 4 atom stereocenters. The van der Waals surface area contributed by atoms with Crippen LogP contribution in [0.5, 0.6) is 0 Å². The summed E-state index contributed by atoms with van der Waals surface area (Å²) in [5.41, 5.74) is 0. The fourth-order valence-corrected chi connectivity index (χ4v) is 2.25. The van der Waals surface area contributed by atoms with Gasteiger partial charge in [-0.05, 0) is 13.8 Å². The van der Waals surface area contributed by atoms with Gasteiger partial charge >= 0.3 is 0 Å². The van der Waals surface area contributed by atoms with Crippen LogP contribution in [0.15, 0.2) is 0 Å². The van der Waals surface area contributed by atoms with E-state index in [4.69, 9.17) is 9.47 Å². The highest BCUT2D eigenvalue weighted by Crippen LogP contribution is 2.32. The Labute approximate surface area is 93.5 Å². The summed E-state index contributed by atoms with van der Waals surface area (Å²) in [5.74, 6) is -1.16. The predicted molar refractivity (Wildman–Crippen MR) is 53.5 cm³/mol. The maximum Gasteiger partial charge on any atom is 0.249 e. The predicted octanol–water partition coefficient (Wildman–Crippen LogP) is -1.25. The Morgan fingerprint density at radius 1 is 1.50 bits per heavy atom. The molecule has 2 aliphatic rings. The standard InChI is InChI=1S/C10H17NO5/c1-10(2)15-7(4-12)8(16-10)5-3-6(13)9(14)11-5/h5-8,12-13H,3-4H2,1-2H3,(H,11,14)/t5-,6+,7+,8-/m1/s1. The average Bonchev–Trinajstić information content (AvgIpc) is 2.68. The van der Waals surface area contributed by atoms with Crippen molar-refractivity contribution in [2.24, 2.45) is 0 Å². The van der Waals surface area contributed by atoms with Crippen molar-refractivity contribution in [2.75, 3.05) is 6.61 Å². The van der Waals surface area contributed by atoms with Crippen molar-refractivity contribution < 1.29 is 24.5 Å². The summed E-state index contributed by atoms with van der Waals surface area (Å²) in [5, 5.41) is 21.2.